The first-order valence-electron chi connectivity index (χ1n) is 12.3. The molecule has 2 aromatic carbocycles. The number of amides is 3. The normalized spacial score (nSPS) is 19.5. The van der Waals surface area contributed by atoms with Gasteiger partial charge in [0.15, 0.2) is 0 Å². The fourth-order valence-electron chi connectivity index (χ4n) is 4.67. The fourth-order valence-corrected chi connectivity index (χ4v) is 4.67. The summed E-state index contributed by atoms with van der Waals surface area (Å²) in [5.74, 6) is -0.206. The summed E-state index contributed by atoms with van der Waals surface area (Å²) in [4.78, 5) is 32.0. The molecule has 3 amide bonds. The summed E-state index contributed by atoms with van der Waals surface area (Å²) in [5.41, 5.74) is 1.32. The minimum Gasteiger partial charge on any atom is -0.369 e. The van der Waals surface area contributed by atoms with Gasteiger partial charge in [0, 0.05) is 55.8 Å². The Morgan fingerprint density at radius 1 is 0.917 bits per heavy atom. The third-order valence-corrected chi connectivity index (χ3v) is 6.79. The second-order valence-corrected chi connectivity index (χ2v) is 9.49. The number of rotatable bonds is 5. The number of nitrogens with one attached hydrogen (secondary N) is 2. The van der Waals surface area contributed by atoms with Crippen LogP contribution in [0.15, 0.2) is 48.5 Å². The van der Waals surface area contributed by atoms with E-state index < -0.39 is 23.8 Å². The molecule has 2 fully saturated rings. The molecule has 0 unspecified atom stereocenters. The van der Waals surface area contributed by atoms with Crippen molar-refractivity contribution in [3.05, 3.63) is 54.1 Å². The Balaban J connectivity index is 1.33. The molecule has 2 saturated heterocycles. The Hall–Kier alpha value is -3.27. The van der Waals surface area contributed by atoms with E-state index in [9.17, 15) is 22.8 Å². The van der Waals surface area contributed by atoms with Crippen LogP contribution in [-0.4, -0.2) is 61.6 Å². The van der Waals surface area contributed by atoms with E-state index in [1.807, 2.05) is 24.3 Å². The molecular formula is C26H32F3N5O2. The summed E-state index contributed by atoms with van der Waals surface area (Å²) in [6.45, 7) is 8.93. The molecule has 0 aliphatic carbocycles. The van der Waals surface area contributed by atoms with E-state index >= 15 is 0 Å². The highest BCUT2D eigenvalue weighted by molar-refractivity contribution is 6.01. The number of piperazine rings is 1. The zero-order valence-electron chi connectivity index (χ0n) is 20.5. The molecule has 0 bridgehead atoms. The molecule has 0 saturated carbocycles. The molecule has 2 heterocycles. The van der Waals surface area contributed by atoms with Gasteiger partial charge in [-0.25, -0.2) is 4.79 Å². The van der Waals surface area contributed by atoms with E-state index in [1.165, 1.54) is 12.1 Å². The van der Waals surface area contributed by atoms with E-state index in [-0.39, 0.29) is 11.6 Å². The van der Waals surface area contributed by atoms with Gasteiger partial charge in [-0.15, -0.1) is 0 Å². The molecule has 194 valence electrons. The molecule has 4 rings (SSSR count). The Morgan fingerprint density at radius 2 is 1.53 bits per heavy atom. The van der Waals surface area contributed by atoms with Crippen molar-refractivity contribution in [2.24, 2.45) is 0 Å². The van der Waals surface area contributed by atoms with Crippen molar-refractivity contribution in [3.8, 4) is 0 Å². The molecule has 0 radical (unpaired) electrons. The van der Waals surface area contributed by atoms with E-state index in [0.29, 0.717) is 19.0 Å². The third kappa shape index (κ3) is 6.10. The number of carbonyl (C=O) groups excluding carboxylic acids is 2. The first kappa shape index (κ1) is 25.8. The lowest BCUT2D eigenvalue weighted by Crippen LogP contribution is -2.53. The molecule has 7 nitrogen and oxygen atoms in total. The summed E-state index contributed by atoms with van der Waals surface area (Å²) < 4.78 is 38.2. The van der Waals surface area contributed by atoms with Crippen LogP contribution in [0.5, 0.6) is 0 Å². The largest absolute Gasteiger partial charge is 0.416 e. The Morgan fingerprint density at radius 3 is 2.11 bits per heavy atom. The predicted octanol–water partition coefficient (Wildman–Crippen LogP) is 4.55. The maximum Gasteiger partial charge on any atom is 0.416 e. The molecule has 0 spiro atoms. The van der Waals surface area contributed by atoms with Crippen LogP contribution in [0.3, 0.4) is 0 Å². The smallest absolute Gasteiger partial charge is 0.369 e. The zero-order chi connectivity index (χ0) is 25.9. The average Bonchev–Trinajstić information content (AvgIpc) is 2.85. The van der Waals surface area contributed by atoms with Crippen LogP contribution in [0.25, 0.3) is 0 Å². The predicted molar refractivity (Wildman–Crippen MR) is 134 cm³/mol. The van der Waals surface area contributed by atoms with Crippen LogP contribution in [0.1, 0.15) is 32.3 Å². The van der Waals surface area contributed by atoms with E-state index in [0.717, 1.165) is 56.1 Å². The standard InChI is InChI=1S/C26H32F3N5O2/c1-18(2)32-14-16-33(17-15-32)21-9-11-22(12-10-21)34-13-3-4-23(24(34)35)31-25(36)30-20-7-5-19(6-8-20)26(27,28)29/h5-12,18,23H,3-4,13-17H2,1-2H3,(H2,30,31,36)/t23-/m1/s1. The molecule has 36 heavy (non-hydrogen) atoms. The highest BCUT2D eigenvalue weighted by atomic mass is 19.4. The monoisotopic (exact) mass is 503 g/mol. The molecular weight excluding hydrogens is 471 g/mol. The number of hydrogen-bond acceptors (Lipinski definition) is 4. The van der Waals surface area contributed by atoms with Gasteiger partial charge < -0.3 is 20.4 Å². The number of carbonyl (C=O) groups is 2. The summed E-state index contributed by atoms with van der Waals surface area (Å²) in [7, 11) is 0. The number of anilines is 3. The Bertz CT molecular complexity index is 1050. The van der Waals surface area contributed by atoms with Gasteiger partial charge in [0.2, 0.25) is 5.91 Å². The maximum absolute atomic E-state index is 13.1. The molecule has 2 aliphatic rings. The van der Waals surface area contributed by atoms with Gasteiger partial charge >= 0.3 is 12.2 Å². The minimum atomic E-state index is -4.44. The van der Waals surface area contributed by atoms with Crippen molar-refractivity contribution < 1.29 is 22.8 Å². The summed E-state index contributed by atoms with van der Waals surface area (Å²) in [6.07, 6.45) is -3.23. The van der Waals surface area contributed by atoms with Gasteiger partial charge in [-0.1, -0.05) is 0 Å². The van der Waals surface area contributed by atoms with Crippen molar-refractivity contribution in [3.63, 3.8) is 0 Å². The van der Waals surface area contributed by atoms with Crippen molar-refractivity contribution in [1.29, 1.82) is 0 Å². The highest BCUT2D eigenvalue weighted by Crippen LogP contribution is 2.30. The molecule has 0 aromatic heterocycles. The number of halogens is 3. The van der Waals surface area contributed by atoms with Crippen molar-refractivity contribution in [2.45, 2.75) is 44.9 Å². The Kier molecular flexibility index (Phi) is 7.73. The third-order valence-electron chi connectivity index (χ3n) is 6.79. The van der Waals surface area contributed by atoms with E-state index in [4.69, 9.17) is 0 Å². The Labute approximate surface area is 209 Å². The van der Waals surface area contributed by atoms with Gasteiger partial charge in [-0.3, -0.25) is 9.69 Å². The van der Waals surface area contributed by atoms with Crippen LogP contribution in [0, 0.1) is 0 Å². The van der Waals surface area contributed by atoms with Crippen LogP contribution in [0.2, 0.25) is 0 Å². The number of alkyl halides is 3. The molecule has 2 N–H and O–H groups in total. The molecule has 2 aromatic rings. The SMILES string of the molecule is CC(C)N1CCN(c2ccc(N3CCC[C@@H](NC(=O)Nc4ccc(C(F)(F)F)cc4)C3=O)cc2)CC1. The van der Waals surface area contributed by atoms with Crippen LogP contribution >= 0.6 is 0 Å². The van der Waals surface area contributed by atoms with Crippen molar-refractivity contribution in [2.75, 3.05) is 47.8 Å². The quantitative estimate of drug-likeness (QED) is 0.628. The minimum absolute atomic E-state index is 0.206. The zero-order valence-corrected chi connectivity index (χ0v) is 20.5. The molecule has 10 heteroatoms. The van der Waals surface area contributed by atoms with Crippen LogP contribution in [-0.2, 0) is 11.0 Å². The average molecular weight is 504 g/mol. The first-order chi connectivity index (χ1) is 17.1. The van der Waals surface area contributed by atoms with Gasteiger partial charge in [0.25, 0.3) is 0 Å². The highest BCUT2D eigenvalue weighted by Gasteiger charge is 2.32. The number of piperidine rings is 1. The first-order valence-corrected chi connectivity index (χ1v) is 12.3. The molecule has 1 atom stereocenters. The van der Waals surface area contributed by atoms with Crippen LogP contribution < -0.4 is 20.4 Å². The number of nitrogens with zero attached hydrogens (tertiary/aromatic N) is 3. The topological polar surface area (TPSA) is 67.9 Å². The second kappa shape index (κ2) is 10.8. The van der Waals surface area contributed by atoms with E-state index in [2.05, 4.69) is 34.3 Å². The fraction of sp³-hybridized carbons (Fsp3) is 0.462. The van der Waals surface area contributed by atoms with Gasteiger partial charge in [0.05, 0.1) is 5.56 Å². The van der Waals surface area contributed by atoms with Crippen LogP contribution in [0.4, 0.5) is 35.0 Å². The summed E-state index contributed by atoms with van der Waals surface area (Å²) >= 11 is 0. The summed E-state index contributed by atoms with van der Waals surface area (Å²) in [6, 6.07) is 11.3. The number of hydrogen-bond donors (Lipinski definition) is 2. The number of benzene rings is 2. The summed E-state index contributed by atoms with van der Waals surface area (Å²) in [5, 5.41) is 5.16. The maximum atomic E-state index is 13.1. The van der Waals surface area contributed by atoms with Gasteiger partial charge in [-0.2, -0.15) is 13.2 Å². The second-order valence-electron chi connectivity index (χ2n) is 9.49. The lowest BCUT2D eigenvalue weighted by molar-refractivity contribution is -0.137. The van der Waals surface area contributed by atoms with Gasteiger partial charge in [0.1, 0.15) is 6.04 Å². The lowest BCUT2D eigenvalue weighted by Gasteiger charge is -2.38. The van der Waals surface area contributed by atoms with Gasteiger partial charge in [-0.05, 0) is 75.2 Å². The lowest BCUT2D eigenvalue weighted by atomic mass is 10.0. The molecule has 2 aliphatic heterocycles. The van der Waals surface area contributed by atoms with E-state index in [1.54, 1.807) is 4.90 Å². The van der Waals surface area contributed by atoms with Crippen molar-refractivity contribution in [1.82, 2.24) is 10.2 Å². The number of urea groups is 1. The van der Waals surface area contributed by atoms with Crippen molar-refractivity contribution >= 4 is 29.0 Å².